The summed E-state index contributed by atoms with van der Waals surface area (Å²) in [6.45, 7) is 6.01. The summed E-state index contributed by atoms with van der Waals surface area (Å²) in [4.78, 5) is 33.2. The molecule has 9 heteroatoms. The third-order valence-electron chi connectivity index (χ3n) is 7.88. The van der Waals surface area contributed by atoms with Crippen molar-refractivity contribution in [2.75, 3.05) is 52.6 Å². The molecule has 8 nitrogen and oxygen atoms in total. The maximum absolute atomic E-state index is 13.6. The number of aliphatic hydroxyl groups is 1. The number of rotatable bonds is 4. The molecular formula is C25H34ClN3O5. The minimum absolute atomic E-state index is 0.0225. The van der Waals surface area contributed by atoms with Gasteiger partial charge in [-0.2, -0.15) is 0 Å². The Balaban J connectivity index is 1.41. The summed E-state index contributed by atoms with van der Waals surface area (Å²) in [6, 6.07) is 5.28. The van der Waals surface area contributed by atoms with Gasteiger partial charge in [0.1, 0.15) is 0 Å². The van der Waals surface area contributed by atoms with Crippen LogP contribution in [0.25, 0.3) is 0 Å². The zero-order valence-corrected chi connectivity index (χ0v) is 20.5. The van der Waals surface area contributed by atoms with Gasteiger partial charge in [0.05, 0.1) is 51.0 Å². The number of aryl methyl sites for hydroxylation is 1. The number of carbonyl (C=O) groups is 2. The Bertz CT molecular complexity index is 931. The second-order valence-electron chi connectivity index (χ2n) is 10.1. The van der Waals surface area contributed by atoms with Crippen LogP contribution in [0, 0.1) is 6.92 Å². The van der Waals surface area contributed by atoms with Crippen LogP contribution >= 0.6 is 11.6 Å². The van der Waals surface area contributed by atoms with Crippen LogP contribution in [-0.2, 0) is 25.5 Å². The Kier molecular flexibility index (Phi) is 6.88. The molecule has 186 valence electrons. The van der Waals surface area contributed by atoms with E-state index < -0.39 is 5.60 Å². The first-order valence-corrected chi connectivity index (χ1v) is 12.7. The molecule has 0 spiro atoms. The first kappa shape index (κ1) is 24.0. The van der Waals surface area contributed by atoms with Gasteiger partial charge in [-0.3, -0.25) is 14.5 Å². The fraction of sp³-hybridized carbons (Fsp3) is 0.680. The van der Waals surface area contributed by atoms with E-state index in [1.807, 2.05) is 30.0 Å². The fourth-order valence-electron chi connectivity index (χ4n) is 6.00. The van der Waals surface area contributed by atoms with Gasteiger partial charge in [0.25, 0.3) is 5.91 Å². The summed E-state index contributed by atoms with van der Waals surface area (Å²) < 4.78 is 11.4. The highest BCUT2D eigenvalue weighted by Gasteiger charge is 2.52. The Morgan fingerprint density at radius 3 is 2.53 bits per heavy atom. The zero-order chi connectivity index (χ0) is 23.9. The lowest BCUT2D eigenvalue weighted by Crippen LogP contribution is -2.73. The third-order valence-corrected chi connectivity index (χ3v) is 8.30. The predicted octanol–water partition coefficient (Wildman–Crippen LogP) is 1.24. The van der Waals surface area contributed by atoms with Crippen LogP contribution in [-0.4, -0.2) is 108 Å². The van der Waals surface area contributed by atoms with Gasteiger partial charge in [-0.15, -0.1) is 0 Å². The van der Waals surface area contributed by atoms with Crippen LogP contribution in [0.2, 0.25) is 5.02 Å². The van der Waals surface area contributed by atoms with Gasteiger partial charge in [0, 0.05) is 24.5 Å². The van der Waals surface area contributed by atoms with Gasteiger partial charge >= 0.3 is 0 Å². The van der Waals surface area contributed by atoms with Crippen LogP contribution < -0.4 is 0 Å². The molecular weight excluding hydrogens is 458 g/mol. The summed E-state index contributed by atoms with van der Waals surface area (Å²) >= 11 is 6.18. The van der Waals surface area contributed by atoms with E-state index in [-0.39, 0.29) is 36.5 Å². The van der Waals surface area contributed by atoms with Crippen molar-refractivity contribution in [2.24, 2.45) is 0 Å². The van der Waals surface area contributed by atoms with E-state index in [9.17, 15) is 14.7 Å². The zero-order valence-electron chi connectivity index (χ0n) is 19.7. The molecule has 4 aliphatic rings. The monoisotopic (exact) mass is 491 g/mol. The number of hydrogen-bond donors (Lipinski definition) is 1. The van der Waals surface area contributed by atoms with E-state index in [1.54, 1.807) is 4.90 Å². The molecule has 0 saturated carbocycles. The van der Waals surface area contributed by atoms with Crippen LogP contribution in [0.15, 0.2) is 18.2 Å². The van der Waals surface area contributed by atoms with Crippen molar-refractivity contribution < 1.29 is 24.2 Å². The molecule has 4 fully saturated rings. The Hall–Kier alpha value is -1.71. The Morgan fingerprint density at radius 2 is 1.82 bits per heavy atom. The smallest absolute Gasteiger partial charge is 0.257 e. The average molecular weight is 492 g/mol. The molecule has 1 N–H and O–H groups in total. The molecule has 0 aliphatic carbocycles. The highest BCUT2D eigenvalue weighted by Crippen LogP contribution is 2.33. The van der Waals surface area contributed by atoms with E-state index in [4.69, 9.17) is 21.1 Å². The number of amides is 2. The van der Waals surface area contributed by atoms with Crippen molar-refractivity contribution in [2.45, 2.75) is 56.3 Å². The predicted molar refractivity (Wildman–Crippen MR) is 127 cm³/mol. The molecule has 1 unspecified atom stereocenters. The van der Waals surface area contributed by atoms with E-state index in [0.29, 0.717) is 50.8 Å². The van der Waals surface area contributed by atoms with Crippen molar-refractivity contribution in [3.8, 4) is 0 Å². The summed E-state index contributed by atoms with van der Waals surface area (Å²) in [6.07, 6.45) is 2.85. The molecule has 5 rings (SSSR count). The lowest BCUT2D eigenvalue weighted by atomic mass is 9.89. The van der Waals surface area contributed by atoms with Crippen LogP contribution in [0.1, 0.15) is 30.4 Å². The molecule has 4 aliphatic heterocycles. The van der Waals surface area contributed by atoms with Gasteiger partial charge in [-0.1, -0.05) is 23.7 Å². The molecule has 2 amide bonds. The molecule has 0 bridgehead atoms. The lowest BCUT2D eigenvalue weighted by Gasteiger charge is -2.54. The van der Waals surface area contributed by atoms with Crippen LogP contribution in [0.3, 0.4) is 0 Å². The first-order chi connectivity index (χ1) is 16.4. The molecule has 0 aromatic heterocycles. The minimum Gasteiger partial charge on any atom is -0.378 e. The quantitative estimate of drug-likeness (QED) is 0.682. The van der Waals surface area contributed by atoms with E-state index >= 15 is 0 Å². The summed E-state index contributed by atoms with van der Waals surface area (Å²) in [7, 11) is 0. The van der Waals surface area contributed by atoms with Crippen LogP contribution in [0.5, 0.6) is 0 Å². The average Bonchev–Trinajstić information content (AvgIpc) is 3.53. The van der Waals surface area contributed by atoms with E-state index in [1.165, 1.54) is 0 Å². The number of fused-ring (bicyclic) bond motifs is 1. The largest absolute Gasteiger partial charge is 0.378 e. The van der Waals surface area contributed by atoms with Crippen LogP contribution in [0.4, 0.5) is 0 Å². The first-order valence-electron chi connectivity index (χ1n) is 12.3. The molecule has 4 heterocycles. The number of halogens is 1. The summed E-state index contributed by atoms with van der Waals surface area (Å²) in [5.74, 6) is -0.246. The molecule has 4 saturated heterocycles. The second-order valence-corrected chi connectivity index (χ2v) is 10.5. The highest BCUT2D eigenvalue weighted by molar-refractivity contribution is 6.31. The number of piperazine rings is 1. The minimum atomic E-state index is -1.49. The molecule has 1 aromatic carbocycles. The normalized spacial score (nSPS) is 32.1. The van der Waals surface area contributed by atoms with Gasteiger partial charge in [0.15, 0.2) is 5.60 Å². The van der Waals surface area contributed by atoms with Gasteiger partial charge in [-0.05, 0) is 50.0 Å². The third kappa shape index (κ3) is 4.46. The van der Waals surface area contributed by atoms with E-state index in [2.05, 4.69) is 4.90 Å². The molecule has 1 aromatic rings. The van der Waals surface area contributed by atoms with Gasteiger partial charge in [0.2, 0.25) is 5.91 Å². The second kappa shape index (κ2) is 9.74. The van der Waals surface area contributed by atoms with Crippen molar-refractivity contribution in [3.63, 3.8) is 0 Å². The fourth-order valence-corrected chi connectivity index (χ4v) is 6.12. The topological polar surface area (TPSA) is 82.6 Å². The Morgan fingerprint density at radius 1 is 1.09 bits per heavy atom. The number of carbonyl (C=O) groups excluding carboxylic acids is 2. The van der Waals surface area contributed by atoms with Crippen molar-refractivity contribution in [1.29, 1.82) is 0 Å². The number of hydrogen-bond acceptors (Lipinski definition) is 6. The number of nitrogens with zero attached hydrogens (tertiary/aromatic N) is 3. The number of benzene rings is 1. The van der Waals surface area contributed by atoms with Gasteiger partial charge in [-0.25, -0.2) is 0 Å². The maximum atomic E-state index is 13.6. The lowest BCUT2D eigenvalue weighted by molar-refractivity contribution is -0.174. The SMILES string of the molecule is Cc1cc(CC(=O)N2CCN(C(=O)C3(O)CCOC3)[C@@H]3COC[C@H](N4CCCC4)[C@H]32)ccc1Cl. The van der Waals surface area contributed by atoms with Crippen molar-refractivity contribution in [3.05, 3.63) is 34.3 Å². The van der Waals surface area contributed by atoms with Crippen molar-refractivity contribution in [1.82, 2.24) is 14.7 Å². The Labute approximate surface area is 205 Å². The maximum Gasteiger partial charge on any atom is 0.257 e. The standard InChI is InChI=1S/C25H34ClN3O5/c1-17-12-18(4-5-19(17)26)13-22(30)29-10-9-28(24(31)25(32)6-11-33-16-25)21-15-34-14-20(23(21)29)27-7-2-3-8-27/h4-5,12,20-21,23,32H,2-3,6-11,13-16H2,1H3/t20-,21+,23+,25?/m0/s1. The molecule has 34 heavy (non-hydrogen) atoms. The van der Waals surface area contributed by atoms with Gasteiger partial charge < -0.3 is 24.4 Å². The molecule has 0 radical (unpaired) electrons. The number of ether oxygens (including phenoxy) is 2. The highest BCUT2D eigenvalue weighted by atomic mass is 35.5. The van der Waals surface area contributed by atoms with Crippen molar-refractivity contribution >= 4 is 23.4 Å². The molecule has 4 atom stereocenters. The summed E-state index contributed by atoms with van der Waals surface area (Å²) in [5.41, 5.74) is 0.399. The number of likely N-dealkylation sites (tertiary alicyclic amines) is 1. The van der Waals surface area contributed by atoms with E-state index in [0.717, 1.165) is 37.1 Å². The summed E-state index contributed by atoms with van der Waals surface area (Å²) in [5, 5.41) is 11.6.